The molecule has 2 aromatic heterocycles. The summed E-state index contributed by atoms with van der Waals surface area (Å²) in [6.45, 7) is 0. The number of fused-ring (bicyclic) bond motifs is 6. The predicted molar refractivity (Wildman–Crippen MR) is 157 cm³/mol. The third-order valence-electron chi connectivity index (χ3n) is 7.88. The summed E-state index contributed by atoms with van der Waals surface area (Å²) < 4.78 is 220. The molecule has 0 spiro atoms. The molecule has 0 N–H and O–H groups in total. The second kappa shape index (κ2) is 12.2. The van der Waals surface area contributed by atoms with Gasteiger partial charge in [0.15, 0.2) is 69.8 Å². The number of aromatic nitrogens is 2. The van der Waals surface area contributed by atoms with E-state index in [4.69, 9.17) is 0 Å². The molecule has 7 rings (SSSR count). The van der Waals surface area contributed by atoms with Crippen LogP contribution in [0.5, 0.6) is 0 Å². The Kier molecular flexibility index (Phi) is 8.19. The van der Waals surface area contributed by atoms with Crippen molar-refractivity contribution in [2.45, 2.75) is 0 Å². The fraction of sp³-hybridized carbons (Fsp3) is 0. The average Bonchev–Trinajstić information content (AvgIpc) is 3.91. The predicted octanol–water partition coefficient (Wildman–Crippen LogP) is 11.4. The second-order valence-electron chi connectivity index (χ2n) is 10.8. The largest absolute Gasteiger partial charge is 0.248 e. The van der Waals surface area contributed by atoms with E-state index in [0.29, 0.717) is 6.07 Å². The molecular formula is C34H7F15N2S. The zero-order valence-electron chi connectivity index (χ0n) is 24.5. The summed E-state index contributed by atoms with van der Waals surface area (Å²) in [6, 6.07) is 2.46. The first-order valence-electron chi connectivity index (χ1n) is 13.9. The van der Waals surface area contributed by atoms with Crippen LogP contribution in [0.3, 0.4) is 0 Å². The van der Waals surface area contributed by atoms with Gasteiger partial charge in [0.05, 0.1) is 39.5 Å². The van der Waals surface area contributed by atoms with Crippen molar-refractivity contribution in [1.29, 1.82) is 0 Å². The van der Waals surface area contributed by atoms with Gasteiger partial charge in [-0.2, -0.15) is 0 Å². The molecule has 264 valence electrons. The molecule has 0 atom stereocenters. The summed E-state index contributed by atoms with van der Waals surface area (Å²) in [5.41, 5.74) is -10.3. The average molecular weight is 760 g/mol. The Morgan fingerprint density at radius 3 is 1.08 bits per heavy atom. The summed E-state index contributed by atoms with van der Waals surface area (Å²) in [5.74, 6) is -36.8. The highest BCUT2D eigenvalue weighted by atomic mass is 32.1. The van der Waals surface area contributed by atoms with E-state index in [-0.39, 0.29) is 11.3 Å². The van der Waals surface area contributed by atoms with Crippen molar-refractivity contribution in [2.24, 2.45) is 0 Å². The molecule has 0 unspecified atom stereocenters. The maximum atomic E-state index is 15.4. The Balaban J connectivity index is 1.75. The molecule has 18 heteroatoms. The first-order valence-corrected chi connectivity index (χ1v) is 14.8. The monoisotopic (exact) mass is 760 g/mol. The number of thiophene rings is 1. The molecule has 0 saturated heterocycles. The van der Waals surface area contributed by atoms with Crippen LogP contribution in [0.1, 0.15) is 22.8 Å². The minimum atomic E-state index is -2.58. The Labute approximate surface area is 282 Å². The third-order valence-corrected chi connectivity index (χ3v) is 9.00. The topological polar surface area (TPSA) is 25.8 Å². The van der Waals surface area contributed by atoms with Gasteiger partial charge in [0.2, 0.25) is 17.5 Å². The summed E-state index contributed by atoms with van der Waals surface area (Å²) >= 11 is 0.266. The van der Waals surface area contributed by atoms with Crippen LogP contribution < -0.4 is 0 Å². The molecule has 2 aliphatic heterocycles. The lowest BCUT2D eigenvalue weighted by atomic mass is 10.0. The van der Waals surface area contributed by atoms with E-state index >= 15 is 26.3 Å². The molecule has 52 heavy (non-hydrogen) atoms. The minimum Gasteiger partial charge on any atom is -0.248 e. The van der Waals surface area contributed by atoms with Crippen LogP contribution in [0, 0.1) is 87.3 Å². The molecular weight excluding hydrogens is 753 g/mol. The van der Waals surface area contributed by atoms with E-state index in [2.05, 4.69) is 9.97 Å². The zero-order valence-corrected chi connectivity index (χ0v) is 25.3. The molecule has 0 radical (unpaired) electrons. The van der Waals surface area contributed by atoms with Gasteiger partial charge in [-0.1, -0.05) is 0 Å². The van der Waals surface area contributed by atoms with Crippen LogP contribution in [0.15, 0.2) is 18.2 Å². The quantitative estimate of drug-likeness (QED) is 0.102. The summed E-state index contributed by atoms with van der Waals surface area (Å²) in [4.78, 5) is 7.98. The van der Waals surface area contributed by atoms with Crippen molar-refractivity contribution in [2.75, 3.05) is 0 Å². The van der Waals surface area contributed by atoms with Crippen molar-refractivity contribution in [1.82, 2.24) is 9.97 Å². The fourth-order valence-electron chi connectivity index (χ4n) is 5.52. The Morgan fingerprint density at radius 2 is 0.654 bits per heavy atom. The van der Waals surface area contributed by atoms with E-state index in [1.54, 1.807) is 0 Å². The normalized spacial score (nSPS) is 12.4. The zero-order chi connectivity index (χ0) is 37.7. The van der Waals surface area contributed by atoms with E-state index < -0.39 is 153 Å². The van der Waals surface area contributed by atoms with Gasteiger partial charge in [-0.3, -0.25) is 0 Å². The van der Waals surface area contributed by atoms with Crippen LogP contribution >= 0.6 is 11.3 Å². The molecule has 0 amide bonds. The minimum absolute atomic E-state index is 0.266. The van der Waals surface area contributed by atoms with Crippen LogP contribution in [0.2, 0.25) is 0 Å². The van der Waals surface area contributed by atoms with E-state index in [9.17, 15) is 39.5 Å². The molecule has 2 nitrogen and oxygen atoms in total. The summed E-state index contributed by atoms with van der Waals surface area (Å²) in [5, 5.41) is 0. The maximum Gasteiger partial charge on any atom is 0.200 e. The third kappa shape index (κ3) is 4.98. The van der Waals surface area contributed by atoms with Gasteiger partial charge in [-0.05, 0) is 42.5 Å². The van der Waals surface area contributed by atoms with Crippen molar-refractivity contribution >= 4 is 45.0 Å². The van der Waals surface area contributed by atoms with Crippen molar-refractivity contribution in [3.05, 3.63) is 128 Å². The molecule has 2 aliphatic rings. The first-order chi connectivity index (χ1) is 24.5. The summed E-state index contributed by atoms with van der Waals surface area (Å²) in [6.07, 6.45) is 3.51. The standard InChI is InChI=1S/C34H7F15N2S/c35-20-15(21(36)27(42)32(47)26(20)41)9-7-8-1-2-11(50-8)16(18-22(37)28(43)33(48)29(44)23(18)38)13-5-6-14(52-13)17(12-4-3-10(9)51-12)19-24(39)30(45)34(49)31(46)25(19)40/h1-7H. The van der Waals surface area contributed by atoms with E-state index in [0.717, 1.165) is 36.4 Å². The highest BCUT2D eigenvalue weighted by Crippen LogP contribution is 2.44. The first kappa shape index (κ1) is 34.8. The van der Waals surface area contributed by atoms with Crippen molar-refractivity contribution in [3.8, 4) is 33.4 Å². The van der Waals surface area contributed by atoms with Crippen LogP contribution in [0.25, 0.3) is 67.1 Å². The van der Waals surface area contributed by atoms with Crippen LogP contribution in [-0.4, -0.2) is 9.97 Å². The number of halogens is 15. The molecule has 0 saturated carbocycles. The van der Waals surface area contributed by atoms with Crippen LogP contribution in [-0.2, 0) is 0 Å². The van der Waals surface area contributed by atoms with Gasteiger partial charge in [0.25, 0.3) is 0 Å². The Bertz CT molecular complexity index is 2560. The highest BCUT2D eigenvalue weighted by molar-refractivity contribution is 7.24. The molecule has 0 aliphatic carbocycles. The fourth-order valence-corrected chi connectivity index (χ4v) is 6.65. The van der Waals surface area contributed by atoms with Gasteiger partial charge < -0.3 is 0 Å². The molecule has 4 heterocycles. The second-order valence-corrected chi connectivity index (χ2v) is 11.9. The van der Waals surface area contributed by atoms with Gasteiger partial charge in [-0.15, -0.1) is 11.3 Å². The van der Waals surface area contributed by atoms with Crippen LogP contribution in [0.4, 0.5) is 65.9 Å². The number of benzene rings is 3. The van der Waals surface area contributed by atoms with E-state index in [1.165, 1.54) is 0 Å². The molecule has 3 aromatic carbocycles. The van der Waals surface area contributed by atoms with Crippen molar-refractivity contribution < 1.29 is 65.9 Å². The maximum absolute atomic E-state index is 15.4. The molecule has 6 bridgehead atoms. The van der Waals surface area contributed by atoms with Gasteiger partial charge in [0.1, 0.15) is 0 Å². The molecule has 0 fully saturated rings. The Morgan fingerprint density at radius 1 is 0.327 bits per heavy atom. The lowest BCUT2D eigenvalue weighted by Gasteiger charge is -2.10. The summed E-state index contributed by atoms with van der Waals surface area (Å²) in [7, 11) is 0. The molecule has 5 aromatic rings. The number of nitrogens with zero attached hydrogens (tertiary/aromatic N) is 2. The SMILES string of the molecule is Fc1c(F)c(F)c(-c2cc3nc(c(-c4c(F)c(F)c(F)c(F)c4F)c4ccc(s4)c(-c4c(F)c(F)c(F)c(F)c4F)c4nc2C=C4)C=C3)c(F)c1F. The van der Waals surface area contributed by atoms with Gasteiger partial charge >= 0.3 is 0 Å². The van der Waals surface area contributed by atoms with Gasteiger partial charge in [-0.25, -0.2) is 75.8 Å². The number of hydrogen-bond donors (Lipinski definition) is 0. The lowest BCUT2D eigenvalue weighted by molar-refractivity contribution is 0.381. The Hall–Kier alpha value is -5.65. The smallest absolute Gasteiger partial charge is 0.200 e. The van der Waals surface area contributed by atoms with Crippen molar-refractivity contribution in [3.63, 3.8) is 0 Å². The van der Waals surface area contributed by atoms with E-state index in [1.807, 2.05) is 0 Å². The lowest BCUT2D eigenvalue weighted by Crippen LogP contribution is -2.05. The highest BCUT2D eigenvalue weighted by Gasteiger charge is 2.33. The number of hydrogen-bond acceptors (Lipinski definition) is 3. The number of rotatable bonds is 3. The van der Waals surface area contributed by atoms with Gasteiger partial charge in [0, 0.05) is 26.1 Å².